The second kappa shape index (κ2) is 8.95. The van der Waals surface area contributed by atoms with Crippen molar-refractivity contribution in [2.75, 3.05) is 11.9 Å². The van der Waals surface area contributed by atoms with Crippen LogP contribution < -0.4 is 10.6 Å². The Morgan fingerprint density at radius 1 is 1.22 bits per heavy atom. The molecule has 3 aromatic rings. The van der Waals surface area contributed by atoms with Gasteiger partial charge < -0.3 is 9.73 Å². The predicted octanol–water partition coefficient (Wildman–Crippen LogP) is 3.73. The number of thiazole rings is 1. The average Bonchev–Trinajstić information content (AvgIpc) is 3.32. The SMILES string of the molecule is CC(=O)NCCc1ccc(-c2csc(NC(=O)/C=C/c3ccco3)n2)cc1. The van der Waals surface area contributed by atoms with Crippen molar-refractivity contribution < 1.29 is 14.0 Å². The molecular formula is C20H19N3O3S. The number of furan rings is 1. The van der Waals surface area contributed by atoms with E-state index in [-0.39, 0.29) is 11.8 Å². The zero-order valence-electron chi connectivity index (χ0n) is 14.8. The molecule has 2 heterocycles. The zero-order chi connectivity index (χ0) is 19.1. The quantitative estimate of drug-likeness (QED) is 0.611. The minimum absolute atomic E-state index is 0.0253. The molecule has 1 aromatic carbocycles. The molecule has 0 unspecified atom stereocenters. The summed E-state index contributed by atoms with van der Waals surface area (Å²) in [5, 5.41) is 7.96. The van der Waals surface area contributed by atoms with Gasteiger partial charge in [-0.05, 0) is 30.2 Å². The predicted molar refractivity (Wildman–Crippen MR) is 106 cm³/mol. The largest absolute Gasteiger partial charge is 0.465 e. The number of anilines is 1. The van der Waals surface area contributed by atoms with E-state index in [1.807, 2.05) is 29.6 Å². The fourth-order valence-electron chi connectivity index (χ4n) is 2.38. The number of nitrogens with zero attached hydrogens (tertiary/aromatic N) is 1. The summed E-state index contributed by atoms with van der Waals surface area (Å²) in [6, 6.07) is 11.5. The maximum Gasteiger partial charge on any atom is 0.250 e. The monoisotopic (exact) mass is 381 g/mol. The molecule has 0 radical (unpaired) electrons. The molecule has 0 fully saturated rings. The first-order chi connectivity index (χ1) is 13.1. The first-order valence-electron chi connectivity index (χ1n) is 8.42. The molecule has 0 aliphatic carbocycles. The lowest BCUT2D eigenvalue weighted by Gasteiger charge is -2.03. The van der Waals surface area contributed by atoms with Gasteiger partial charge in [-0.15, -0.1) is 11.3 Å². The van der Waals surface area contributed by atoms with Gasteiger partial charge in [0.15, 0.2) is 5.13 Å². The fourth-order valence-corrected chi connectivity index (χ4v) is 3.10. The van der Waals surface area contributed by atoms with Gasteiger partial charge in [0.2, 0.25) is 11.8 Å². The molecule has 2 aromatic heterocycles. The van der Waals surface area contributed by atoms with Crippen molar-refractivity contribution in [3.05, 3.63) is 65.4 Å². The molecule has 2 amide bonds. The molecular weight excluding hydrogens is 362 g/mol. The molecule has 0 spiro atoms. The fraction of sp³-hybridized carbons (Fsp3) is 0.150. The lowest BCUT2D eigenvalue weighted by Crippen LogP contribution is -2.22. The summed E-state index contributed by atoms with van der Waals surface area (Å²) < 4.78 is 5.14. The van der Waals surface area contributed by atoms with Crippen LogP contribution in [-0.2, 0) is 16.0 Å². The van der Waals surface area contributed by atoms with E-state index in [2.05, 4.69) is 15.6 Å². The van der Waals surface area contributed by atoms with Crippen LogP contribution in [0.25, 0.3) is 17.3 Å². The normalized spacial score (nSPS) is 10.9. The van der Waals surface area contributed by atoms with Crippen molar-refractivity contribution in [1.82, 2.24) is 10.3 Å². The lowest BCUT2D eigenvalue weighted by molar-refractivity contribution is -0.119. The number of carbonyl (C=O) groups is 2. The first kappa shape index (κ1) is 18.6. The van der Waals surface area contributed by atoms with Crippen molar-refractivity contribution in [1.29, 1.82) is 0 Å². The summed E-state index contributed by atoms with van der Waals surface area (Å²) in [6.07, 6.45) is 5.34. The standard InChI is InChI=1S/C20H19N3O3S/c1-14(24)21-11-10-15-4-6-16(7-5-15)18-13-27-20(22-18)23-19(25)9-8-17-3-2-12-26-17/h2-9,12-13H,10-11H2,1H3,(H,21,24)(H,22,23,25)/b9-8+. The van der Waals surface area contributed by atoms with Crippen LogP contribution in [0.2, 0.25) is 0 Å². The molecule has 0 aliphatic rings. The summed E-state index contributed by atoms with van der Waals surface area (Å²) in [6.45, 7) is 2.13. The van der Waals surface area contributed by atoms with Gasteiger partial charge in [-0.2, -0.15) is 0 Å². The molecule has 0 saturated heterocycles. The summed E-state index contributed by atoms with van der Waals surface area (Å²) in [5.41, 5.74) is 2.92. The van der Waals surface area contributed by atoms with Crippen LogP contribution in [0.4, 0.5) is 5.13 Å². The van der Waals surface area contributed by atoms with E-state index in [1.165, 1.54) is 24.3 Å². The molecule has 2 N–H and O–H groups in total. The van der Waals surface area contributed by atoms with E-state index >= 15 is 0 Å². The number of hydrogen-bond donors (Lipinski definition) is 2. The summed E-state index contributed by atoms with van der Waals surface area (Å²) in [5.74, 6) is 0.326. The molecule has 6 nitrogen and oxygen atoms in total. The lowest BCUT2D eigenvalue weighted by atomic mass is 10.1. The van der Waals surface area contributed by atoms with Gasteiger partial charge in [0.1, 0.15) is 5.76 Å². The summed E-state index contributed by atoms with van der Waals surface area (Å²) in [4.78, 5) is 27.3. The van der Waals surface area contributed by atoms with Gasteiger partial charge in [0.25, 0.3) is 0 Å². The third-order valence-electron chi connectivity index (χ3n) is 3.71. The number of amides is 2. The number of hydrogen-bond acceptors (Lipinski definition) is 5. The summed E-state index contributed by atoms with van der Waals surface area (Å²) in [7, 11) is 0. The molecule has 0 aliphatic heterocycles. The highest BCUT2D eigenvalue weighted by atomic mass is 32.1. The summed E-state index contributed by atoms with van der Waals surface area (Å²) >= 11 is 1.37. The number of nitrogens with one attached hydrogen (secondary N) is 2. The molecule has 7 heteroatoms. The Labute approximate surface area is 160 Å². The van der Waals surface area contributed by atoms with Crippen molar-refractivity contribution in [3.63, 3.8) is 0 Å². The van der Waals surface area contributed by atoms with Gasteiger partial charge in [0.05, 0.1) is 12.0 Å². The molecule has 138 valence electrons. The Bertz CT molecular complexity index is 928. The number of benzene rings is 1. The third-order valence-corrected chi connectivity index (χ3v) is 4.47. The molecule has 0 saturated carbocycles. The van der Waals surface area contributed by atoms with Crippen molar-refractivity contribution in [2.45, 2.75) is 13.3 Å². The second-order valence-electron chi connectivity index (χ2n) is 5.81. The maximum absolute atomic E-state index is 11.9. The Kier molecular flexibility index (Phi) is 6.17. The van der Waals surface area contributed by atoms with E-state index in [0.717, 1.165) is 23.2 Å². The van der Waals surface area contributed by atoms with Crippen LogP contribution in [0.15, 0.2) is 58.5 Å². The van der Waals surface area contributed by atoms with Gasteiger partial charge in [0, 0.05) is 30.5 Å². The van der Waals surface area contributed by atoms with Gasteiger partial charge >= 0.3 is 0 Å². The van der Waals surface area contributed by atoms with Crippen LogP contribution >= 0.6 is 11.3 Å². The van der Waals surface area contributed by atoms with Crippen LogP contribution in [0.1, 0.15) is 18.2 Å². The van der Waals surface area contributed by atoms with E-state index in [4.69, 9.17) is 4.42 Å². The van der Waals surface area contributed by atoms with Crippen LogP contribution in [-0.4, -0.2) is 23.3 Å². The Hall–Kier alpha value is -3.19. The Morgan fingerprint density at radius 3 is 2.74 bits per heavy atom. The van der Waals surface area contributed by atoms with E-state index in [9.17, 15) is 9.59 Å². The average molecular weight is 381 g/mol. The van der Waals surface area contributed by atoms with E-state index < -0.39 is 0 Å². The van der Waals surface area contributed by atoms with Gasteiger partial charge in [-0.25, -0.2) is 4.98 Å². The number of carbonyl (C=O) groups excluding carboxylic acids is 2. The van der Waals surface area contributed by atoms with Crippen LogP contribution in [0, 0.1) is 0 Å². The topological polar surface area (TPSA) is 84.2 Å². The molecule has 0 bridgehead atoms. The van der Waals surface area contributed by atoms with E-state index in [1.54, 1.807) is 24.5 Å². The molecule has 27 heavy (non-hydrogen) atoms. The van der Waals surface area contributed by atoms with E-state index in [0.29, 0.717) is 17.4 Å². The zero-order valence-corrected chi connectivity index (χ0v) is 15.6. The maximum atomic E-state index is 11.9. The van der Waals surface area contributed by atoms with Crippen LogP contribution in [0.3, 0.4) is 0 Å². The van der Waals surface area contributed by atoms with Crippen molar-refractivity contribution in [2.24, 2.45) is 0 Å². The number of aromatic nitrogens is 1. The Balaban J connectivity index is 1.56. The van der Waals surface area contributed by atoms with Crippen molar-refractivity contribution >= 4 is 34.4 Å². The van der Waals surface area contributed by atoms with Gasteiger partial charge in [-0.3, -0.25) is 14.9 Å². The molecule has 3 rings (SSSR count). The molecule has 0 atom stereocenters. The minimum Gasteiger partial charge on any atom is -0.465 e. The third kappa shape index (κ3) is 5.65. The Morgan fingerprint density at radius 2 is 2.04 bits per heavy atom. The highest BCUT2D eigenvalue weighted by Gasteiger charge is 2.07. The van der Waals surface area contributed by atoms with Gasteiger partial charge in [-0.1, -0.05) is 24.3 Å². The second-order valence-corrected chi connectivity index (χ2v) is 6.66. The van der Waals surface area contributed by atoms with Crippen LogP contribution in [0.5, 0.6) is 0 Å². The van der Waals surface area contributed by atoms with Crippen molar-refractivity contribution in [3.8, 4) is 11.3 Å². The highest BCUT2D eigenvalue weighted by molar-refractivity contribution is 7.14. The number of rotatable bonds is 7. The smallest absolute Gasteiger partial charge is 0.250 e. The first-order valence-corrected chi connectivity index (χ1v) is 9.30. The highest BCUT2D eigenvalue weighted by Crippen LogP contribution is 2.25. The minimum atomic E-state index is -0.263.